The average Bonchev–Trinajstić information content (AvgIpc) is 2.45. The van der Waals surface area contributed by atoms with Gasteiger partial charge < -0.3 is 16.0 Å². The number of fused-ring (bicyclic) bond motifs is 1. The topological polar surface area (TPSA) is 80.0 Å². The van der Waals surface area contributed by atoms with E-state index >= 15 is 0 Å². The van der Waals surface area contributed by atoms with Crippen molar-refractivity contribution in [1.29, 1.82) is 0 Å². The third-order valence-corrected chi connectivity index (χ3v) is 4.44. The fourth-order valence-corrected chi connectivity index (χ4v) is 3.20. The van der Waals surface area contributed by atoms with Gasteiger partial charge in [0.05, 0.1) is 5.39 Å². The minimum absolute atomic E-state index is 0.495. The fourth-order valence-electron chi connectivity index (χ4n) is 3.20. The summed E-state index contributed by atoms with van der Waals surface area (Å²) in [4.78, 5) is 15.8. The zero-order valence-electron chi connectivity index (χ0n) is 13.6. The van der Waals surface area contributed by atoms with Crippen LogP contribution in [-0.4, -0.2) is 46.0 Å². The van der Waals surface area contributed by atoms with E-state index in [-0.39, 0.29) is 0 Å². The molecular formula is C16H24N6. The van der Waals surface area contributed by atoms with E-state index in [2.05, 4.69) is 32.2 Å². The van der Waals surface area contributed by atoms with Crippen molar-refractivity contribution >= 4 is 22.8 Å². The number of nitrogens with zero attached hydrogens (tertiary/aromatic N) is 4. The lowest BCUT2D eigenvalue weighted by Crippen LogP contribution is -2.41. The minimum atomic E-state index is 0.495. The Morgan fingerprint density at radius 1 is 1.27 bits per heavy atom. The van der Waals surface area contributed by atoms with E-state index < -0.39 is 0 Å². The number of aryl methyl sites for hydroxylation is 2. The van der Waals surface area contributed by atoms with Crippen LogP contribution in [0.1, 0.15) is 30.5 Å². The highest BCUT2D eigenvalue weighted by Crippen LogP contribution is 2.23. The Morgan fingerprint density at radius 3 is 2.86 bits per heavy atom. The Hall–Kier alpha value is -1.95. The molecule has 1 fully saturated rings. The van der Waals surface area contributed by atoms with Gasteiger partial charge in [0, 0.05) is 18.3 Å². The molecule has 0 aromatic carbocycles. The number of piperidine rings is 1. The summed E-state index contributed by atoms with van der Waals surface area (Å²) in [6.07, 6.45) is 3.79. The van der Waals surface area contributed by atoms with Gasteiger partial charge in [-0.2, -0.15) is 9.97 Å². The number of pyridine rings is 1. The predicted octanol–water partition coefficient (Wildman–Crippen LogP) is 2.12. The number of nitrogens with two attached hydrogens (primary N) is 1. The van der Waals surface area contributed by atoms with E-state index in [0.717, 1.165) is 29.7 Å². The molecule has 3 rings (SSSR count). The number of nitrogens with one attached hydrogen (secondary N) is 1. The van der Waals surface area contributed by atoms with E-state index in [1.54, 1.807) is 0 Å². The van der Waals surface area contributed by atoms with Crippen molar-refractivity contribution in [3.63, 3.8) is 0 Å². The second kappa shape index (κ2) is 6.04. The zero-order chi connectivity index (χ0) is 15.7. The van der Waals surface area contributed by atoms with Crippen molar-refractivity contribution < 1.29 is 0 Å². The lowest BCUT2D eigenvalue weighted by molar-refractivity contribution is 0.194. The second-order valence-electron chi connectivity index (χ2n) is 6.22. The molecule has 0 bridgehead atoms. The molecule has 0 spiro atoms. The van der Waals surface area contributed by atoms with Crippen LogP contribution in [0, 0.1) is 13.8 Å². The molecule has 0 amide bonds. The van der Waals surface area contributed by atoms with E-state index in [0.29, 0.717) is 23.5 Å². The highest BCUT2D eigenvalue weighted by molar-refractivity contribution is 5.89. The van der Waals surface area contributed by atoms with E-state index in [1.165, 1.54) is 19.3 Å². The first-order valence-electron chi connectivity index (χ1n) is 7.90. The Morgan fingerprint density at radius 2 is 2.09 bits per heavy atom. The van der Waals surface area contributed by atoms with Gasteiger partial charge in [0.15, 0.2) is 5.65 Å². The van der Waals surface area contributed by atoms with Crippen LogP contribution in [-0.2, 0) is 0 Å². The standard InChI is InChI=1S/C16H24N6/c1-10-8-11(2)19-15-13(10)14(17)20-16(21-15)18-9-12-6-4-5-7-22(12)3/h8,12H,4-7,9H2,1-3H3,(H3,17,18,19,20,21). The number of hydrogen-bond acceptors (Lipinski definition) is 6. The van der Waals surface area contributed by atoms with Crippen LogP contribution in [0.5, 0.6) is 0 Å². The van der Waals surface area contributed by atoms with Gasteiger partial charge in [-0.15, -0.1) is 0 Å². The third kappa shape index (κ3) is 2.97. The van der Waals surface area contributed by atoms with Crippen molar-refractivity contribution in [1.82, 2.24) is 19.9 Å². The molecular weight excluding hydrogens is 276 g/mol. The SMILES string of the molecule is Cc1cc(C)c2c(N)nc(NCC3CCCCN3C)nc2n1. The van der Waals surface area contributed by atoms with Gasteiger partial charge in [-0.25, -0.2) is 4.98 Å². The average molecular weight is 300 g/mol. The van der Waals surface area contributed by atoms with E-state index in [4.69, 9.17) is 5.73 Å². The molecule has 1 atom stereocenters. The van der Waals surface area contributed by atoms with Gasteiger partial charge in [-0.3, -0.25) is 0 Å². The van der Waals surface area contributed by atoms with Crippen LogP contribution in [0.2, 0.25) is 0 Å². The Balaban J connectivity index is 1.82. The maximum absolute atomic E-state index is 6.10. The van der Waals surface area contributed by atoms with Gasteiger partial charge in [-0.1, -0.05) is 6.42 Å². The maximum atomic E-state index is 6.10. The number of nitrogen functional groups attached to an aromatic ring is 1. The highest BCUT2D eigenvalue weighted by atomic mass is 15.2. The Bertz CT molecular complexity index is 684. The predicted molar refractivity (Wildman–Crippen MR) is 90.0 cm³/mol. The molecule has 118 valence electrons. The van der Waals surface area contributed by atoms with Crippen LogP contribution >= 0.6 is 0 Å². The number of hydrogen-bond donors (Lipinski definition) is 2. The number of rotatable bonds is 3. The lowest BCUT2D eigenvalue weighted by Gasteiger charge is -2.32. The van der Waals surface area contributed by atoms with Gasteiger partial charge in [-0.05, 0) is 51.9 Å². The van der Waals surface area contributed by atoms with Gasteiger partial charge in [0.25, 0.3) is 0 Å². The van der Waals surface area contributed by atoms with Crippen molar-refractivity contribution in [3.05, 3.63) is 17.3 Å². The summed E-state index contributed by atoms with van der Waals surface area (Å²) in [5.74, 6) is 1.07. The Labute approximate surface area is 131 Å². The molecule has 0 radical (unpaired) electrons. The molecule has 1 aliphatic heterocycles. The fraction of sp³-hybridized carbons (Fsp3) is 0.562. The number of likely N-dealkylation sites (tertiary alicyclic amines) is 1. The summed E-state index contributed by atoms with van der Waals surface area (Å²) in [6, 6.07) is 2.54. The van der Waals surface area contributed by atoms with E-state index in [9.17, 15) is 0 Å². The highest BCUT2D eigenvalue weighted by Gasteiger charge is 2.19. The van der Waals surface area contributed by atoms with Crippen LogP contribution in [0.4, 0.5) is 11.8 Å². The number of likely N-dealkylation sites (N-methyl/N-ethyl adjacent to an activating group) is 1. The quantitative estimate of drug-likeness (QED) is 0.904. The first kappa shape index (κ1) is 15.0. The summed E-state index contributed by atoms with van der Waals surface area (Å²) in [6.45, 7) is 5.98. The van der Waals surface area contributed by atoms with Gasteiger partial charge in [0.1, 0.15) is 5.82 Å². The molecule has 2 aromatic rings. The normalized spacial score (nSPS) is 19.5. The molecule has 2 aromatic heterocycles. The molecule has 3 heterocycles. The lowest BCUT2D eigenvalue weighted by atomic mass is 10.0. The smallest absolute Gasteiger partial charge is 0.226 e. The summed E-state index contributed by atoms with van der Waals surface area (Å²) in [5, 5.41) is 4.19. The van der Waals surface area contributed by atoms with E-state index in [1.807, 2.05) is 19.9 Å². The third-order valence-electron chi connectivity index (χ3n) is 4.44. The molecule has 1 aliphatic rings. The van der Waals surface area contributed by atoms with Crippen molar-refractivity contribution in [2.24, 2.45) is 0 Å². The van der Waals surface area contributed by atoms with Crippen molar-refractivity contribution in [3.8, 4) is 0 Å². The first-order chi connectivity index (χ1) is 10.5. The summed E-state index contributed by atoms with van der Waals surface area (Å²) < 4.78 is 0. The largest absolute Gasteiger partial charge is 0.383 e. The first-order valence-corrected chi connectivity index (χ1v) is 7.90. The minimum Gasteiger partial charge on any atom is -0.383 e. The summed E-state index contributed by atoms with van der Waals surface area (Å²) >= 11 is 0. The molecule has 1 saturated heterocycles. The molecule has 6 heteroatoms. The van der Waals surface area contributed by atoms with Crippen LogP contribution < -0.4 is 11.1 Å². The van der Waals surface area contributed by atoms with Crippen LogP contribution in [0.25, 0.3) is 11.0 Å². The van der Waals surface area contributed by atoms with Gasteiger partial charge in [0.2, 0.25) is 5.95 Å². The summed E-state index contributed by atoms with van der Waals surface area (Å²) in [5.41, 5.74) is 8.79. The molecule has 0 aliphatic carbocycles. The zero-order valence-corrected chi connectivity index (χ0v) is 13.6. The van der Waals surface area contributed by atoms with Crippen LogP contribution in [0.3, 0.4) is 0 Å². The van der Waals surface area contributed by atoms with Gasteiger partial charge >= 0.3 is 0 Å². The number of anilines is 2. The maximum Gasteiger partial charge on any atom is 0.226 e. The number of aromatic nitrogens is 3. The molecule has 1 unspecified atom stereocenters. The Kier molecular flexibility index (Phi) is 4.11. The molecule has 3 N–H and O–H groups in total. The van der Waals surface area contributed by atoms with Crippen molar-refractivity contribution in [2.45, 2.75) is 39.2 Å². The molecule has 6 nitrogen and oxygen atoms in total. The summed E-state index contributed by atoms with van der Waals surface area (Å²) in [7, 11) is 2.18. The van der Waals surface area contributed by atoms with Crippen molar-refractivity contribution in [2.75, 3.05) is 31.2 Å². The van der Waals surface area contributed by atoms with Crippen LogP contribution in [0.15, 0.2) is 6.07 Å². The molecule has 22 heavy (non-hydrogen) atoms. The second-order valence-corrected chi connectivity index (χ2v) is 6.22. The monoisotopic (exact) mass is 300 g/mol. The molecule has 0 saturated carbocycles.